The van der Waals surface area contributed by atoms with Crippen molar-refractivity contribution in [2.75, 3.05) is 19.7 Å². The molecule has 1 heterocycles. The molecular formula is C22H30N2O4. The third kappa shape index (κ3) is 4.72. The van der Waals surface area contributed by atoms with Crippen molar-refractivity contribution in [2.45, 2.75) is 53.0 Å². The highest BCUT2D eigenvalue weighted by Crippen LogP contribution is 2.52. The highest BCUT2D eigenvalue weighted by molar-refractivity contribution is 5.96. The first kappa shape index (κ1) is 20.4. The number of nitrogens with one attached hydrogen (secondary N) is 1. The molecule has 2 amide bonds. The van der Waals surface area contributed by atoms with Gasteiger partial charge in [-0.15, -0.1) is 0 Å². The van der Waals surface area contributed by atoms with E-state index in [2.05, 4.69) is 26.1 Å². The van der Waals surface area contributed by atoms with Crippen molar-refractivity contribution in [2.24, 2.45) is 10.8 Å². The summed E-state index contributed by atoms with van der Waals surface area (Å²) in [5.41, 5.74) is 1.91. The molecule has 1 aromatic rings. The van der Waals surface area contributed by atoms with E-state index in [1.165, 1.54) is 0 Å². The van der Waals surface area contributed by atoms with Crippen molar-refractivity contribution in [1.82, 2.24) is 10.2 Å². The van der Waals surface area contributed by atoms with Crippen LogP contribution in [0, 0.1) is 17.8 Å². The maximum atomic E-state index is 12.6. The summed E-state index contributed by atoms with van der Waals surface area (Å²) in [4.78, 5) is 38.5. The van der Waals surface area contributed by atoms with Crippen molar-refractivity contribution in [3.63, 3.8) is 0 Å². The minimum Gasteiger partial charge on any atom is -0.454 e. The van der Waals surface area contributed by atoms with Gasteiger partial charge in [0.1, 0.15) is 6.54 Å². The Bertz CT molecular complexity index is 771. The molecule has 28 heavy (non-hydrogen) atoms. The summed E-state index contributed by atoms with van der Waals surface area (Å²) in [7, 11) is 0. The van der Waals surface area contributed by atoms with Crippen LogP contribution in [0.25, 0.3) is 0 Å². The predicted molar refractivity (Wildman–Crippen MR) is 106 cm³/mol. The lowest BCUT2D eigenvalue weighted by Crippen LogP contribution is -2.40. The summed E-state index contributed by atoms with van der Waals surface area (Å²) in [5, 5.41) is 2.53. The summed E-state index contributed by atoms with van der Waals surface area (Å²) >= 11 is 0. The Morgan fingerprint density at radius 2 is 1.82 bits per heavy atom. The van der Waals surface area contributed by atoms with Crippen molar-refractivity contribution < 1.29 is 19.1 Å². The summed E-state index contributed by atoms with van der Waals surface area (Å²) < 4.78 is 5.11. The molecule has 1 saturated carbocycles. The first-order valence-corrected chi connectivity index (χ1v) is 9.87. The van der Waals surface area contributed by atoms with E-state index in [4.69, 9.17) is 4.74 Å². The average Bonchev–Trinajstić information content (AvgIpc) is 2.87. The van der Waals surface area contributed by atoms with Crippen molar-refractivity contribution >= 4 is 17.8 Å². The molecule has 6 heteroatoms. The summed E-state index contributed by atoms with van der Waals surface area (Å²) in [6.07, 6.45) is 3.10. The Morgan fingerprint density at radius 3 is 2.50 bits per heavy atom. The Hall–Kier alpha value is -2.37. The third-order valence-electron chi connectivity index (χ3n) is 5.80. The minimum atomic E-state index is -0.609. The number of hydrogen-bond acceptors (Lipinski definition) is 4. The minimum absolute atomic E-state index is 0.147. The zero-order chi connectivity index (χ0) is 20.5. The van der Waals surface area contributed by atoms with Gasteiger partial charge in [0, 0.05) is 18.2 Å². The second-order valence-electron chi connectivity index (χ2n) is 9.44. The number of hydrogen-bond donors (Lipinski definition) is 1. The second kappa shape index (κ2) is 7.57. The van der Waals surface area contributed by atoms with Crippen LogP contribution >= 0.6 is 0 Å². The first-order valence-electron chi connectivity index (χ1n) is 9.87. The van der Waals surface area contributed by atoms with Crippen LogP contribution in [-0.4, -0.2) is 48.4 Å². The Kier molecular flexibility index (Phi) is 5.50. The monoisotopic (exact) mass is 386 g/mol. The van der Waals surface area contributed by atoms with E-state index in [0.717, 1.165) is 31.4 Å². The summed E-state index contributed by atoms with van der Waals surface area (Å²) in [5.74, 6) is -1.10. The highest BCUT2D eigenvalue weighted by atomic mass is 16.5. The molecular weight excluding hydrogens is 356 g/mol. The highest BCUT2D eigenvalue weighted by Gasteiger charge is 2.50. The fraction of sp³-hybridized carbons (Fsp3) is 0.591. The topological polar surface area (TPSA) is 75.7 Å². The van der Waals surface area contributed by atoms with Gasteiger partial charge in [-0.3, -0.25) is 14.4 Å². The third-order valence-corrected chi connectivity index (χ3v) is 5.80. The fourth-order valence-electron chi connectivity index (χ4n) is 4.99. The molecule has 1 aliphatic heterocycles. The number of likely N-dealkylation sites (tertiary alicyclic amines) is 1. The van der Waals surface area contributed by atoms with E-state index in [0.29, 0.717) is 5.56 Å². The smallest absolute Gasteiger partial charge is 0.325 e. The zero-order valence-corrected chi connectivity index (χ0v) is 17.2. The normalized spacial score (nSPS) is 25.3. The number of fused-ring (bicyclic) bond motifs is 2. The van der Waals surface area contributed by atoms with Crippen LogP contribution in [0.3, 0.4) is 0 Å². The van der Waals surface area contributed by atoms with Gasteiger partial charge in [0.05, 0.1) is 0 Å². The van der Waals surface area contributed by atoms with Crippen LogP contribution in [0.15, 0.2) is 24.3 Å². The molecule has 2 aliphatic rings. The average molecular weight is 386 g/mol. The number of esters is 1. The molecule has 1 saturated heterocycles. The molecule has 0 spiro atoms. The Labute approximate surface area is 166 Å². The van der Waals surface area contributed by atoms with Gasteiger partial charge in [-0.05, 0) is 49.1 Å². The maximum Gasteiger partial charge on any atom is 0.325 e. The van der Waals surface area contributed by atoms with Crippen molar-refractivity contribution in [3.05, 3.63) is 35.4 Å². The first-order chi connectivity index (χ1) is 13.1. The van der Waals surface area contributed by atoms with Gasteiger partial charge in [0.25, 0.3) is 11.8 Å². The van der Waals surface area contributed by atoms with E-state index in [1.807, 2.05) is 24.0 Å². The lowest BCUT2D eigenvalue weighted by molar-refractivity contribution is -0.151. The maximum absolute atomic E-state index is 12.6. The van der Waals surface area contributed by atoms with Crippen LogP contribution in [0.1, 0.15) is 56.0 Å². The summed E-state index contributed by atoms with van der Waals surface area (Å²) in [6, 6.07) is 7.29. The molecule has 6 nitrogen and oxygen atoms in total. The van der Waals surface area contributed by atoms with E-state index in [9.17, 15) is 14.4 Å². The van der Waals surface area contributed by atoms with Crippen molar-refractivity contribution in [3.8, 4) is 0 Å². The van der Waals surface area contributed by atoms with E-state index in [-0.39, 0.29) is 41.8 Å². The Balaban J connectivity index is 1.45. The molecule has 152 valence electrons. The number of amides is 2. The van der Waals surface area contributed by atoms with Crippen LogP contribution in [-0.2, 0) is 14.3 Å². The van der Waals surface area contributed by atoms with E-state index < -0.39 is 5.97 Å². The lowest BCUT2D eigenvalue weighted by atomic mass is 9.65. The van der Waals surface area contributed by atoms with Crippen LogP contribution in [0.5, 0.6) is 0 Å². The van der Waals surface area contributed by atoms with Crippen LogP contribution in [0.4, 0.5) is 0 Å². The number of rotatable bonds is 5. The predicted octanol–water partition coefficient (Wildman–Crippen LogP) is 2.70. The second-order valence-corrected chi connectivity index (χ2v) is 9.44. The molecule has 0 radical (unpaired) electrons. The number of carbonyl (C=O) groups excluding carboxylic acids is 3. The van der Waals surface area contributed by atoms with E-state index >= 15 is 0 Å². The van der Waals surface area contributed by atoms with Gasteiger partial charge in [0.2, 0.25) is 0 Å². The van der Waals surface area contributed by atoms with Gasteiger partial charge in [-0.2, -0.15) is 0 Å². The molecule has 2 bridgehead atoms. The number of ether oxygens (including phenoxy) is 1. The Morgan fingerprint density at radius 1 is 1.14 bits per heavy atom. The van der Waals surface area contributed by atoms with Gasteiger partial charge < -0.3 is 15.0 Å². The lowest BCUT2D eigenvalue weighted by Gasteiger charge is -2.39. The molecule has 0 unspecified atom stereocenters. The van der Waals surface area contributed by atoms with Crippen LogP contribution < -0.4 is 5.32 Å². The molecule has 0 aromatic heterocycles. The van der Waals surface area contributed by atoms with E-state index in [1.54, 1.807) is 12.1 Å². The van der Waals surface area contributed by atoms with Crippen LogP contribution in [0.2, 0.25) is 0 Å². The largest absolute Gasteiger partial charge is 0.454 e. The van der Waals surface area contributed by atoms with Gasteiger partial charge in [-0.1, -0.05) is 38.5 Å². The number of nitrogens with zero attached hydrogens (tertiary/aromatic N) is 1. The summed E-state index contributed by atoms with van der Waals surface area (Å²) in [6.45, 7) is 8.87. The van der Waals surface area contributed by atoms with Gasteiger partial charge in [0.15, 0.2) is 6.61 Å². The van der Waals surface area contributed by atoms with Gasteiger partial charge >= 0.3 is 5.97 Å². The molecule has 1 aromatic carbocycles. The molecule has 1 N–H and O–H groups in total. The number of aryl methyl sites for hydroxylation is 1. The van der Waals surface area contributed by atoms with Gasteiger partial charge in [-0.25, -0.2) is 0 Å². The molecule has 2 atom stereocenters. The molecule has 1 aliphatic carbocycles. The number of carbonyl (C=O) groups is 3. The fourth-order valence-corrected chi connectivity index (χ4v) is 4.99. The standard InChI is InChI=1S/C22H30N2O4/c1-15-5-7-16(8-6-15)20(27)23-11-19(26)28-12-18(25)24-14-22(4)10-17(24)9-21(2,3)13-22/h5-8,17H,9-14H2,1-4H3,(H,23,27)/t17-,22-/m1/s1. The zero-order valence-electron chi connectivity index (χ0n) is 17.2. The SMILES string of the molecule is Cc1ccc(C(=O)NCC(=O)OCC(=O)N2C[C@]3(C)C[C@H]2CC(C)(C)C3)cc1. The molecule has 3 rings (SSSR count). The quantitative estimate of drug-likeness (QED) is 0.790. The van der Waals surface area contributed by atoms with Crippen molar-refractivity contribution in [1.29, 1.82) is 0 Å². The molecule has 2 fully saturated rings. The number of benzene rings is 1.